The number of nitrogens with zero attached hydrogens (tertiary/aromatic N) is 1. The molecule has 1 heterocycles. The van der Waals surface area contributed by atoms with Crippen molar-refractivity contribution >= 4 is 29.8 Å². The molecule has 1 aliphatic heterocycles. The molecule has 150 valence electrons. The number of hydrogen-bond acceptors (Lipinski definition) is 6. The summed E-state index contributed by atoms with van der Waals surface area (Å²) >= 11 is 0. The number of hydrogen-bond donors (Lipinski definition) is 1. The largest absolute Gasteiger partial charge is 0.464 e. The number of benzene rings is 2. The van der Waals surface area contributed by atoms with E-state index in [1.165, 1.54) is 0 Å². The summed E-state index contributed by atoms with van der Waals surface area (Å²) in [6.45, 7) is 4.17. The lowest BCUT2D eigenvalue weighted by atomic mass is 9.98. The van der Waals surface area contributed by atoms with Gasteiger partial charge in [0.25, 0.3) is 0 Å². The van der Waals surface area contributed by atoms with Crippen molar-refractivity contribution in [1.82, 2.24) is 4.90 Å². The highest BCUT2D eigenvalue weighted by atomic mass is 35.5. The number of morpholine rings is 1. The molecule has 0 unspecified atom stereocenters. The number of rotatable bonds is 7. The fourth-order valence-corrected chi connectivity index (χ4v) is 3.03. The molecule has 0 aliphatic carbocycles. The van der Waals surface area contributed by atoms with Gasteiger partial charge in [0.15, 0.2) is 5.78 Å². The molecule has 0 saturated carbocycles. The van der Waals surface area contributed by atoms with Crippen LogP contribution in [-0.2, 0) is 20.7 Å². The standard InChI is InChI=1S/C21H24N2O4.ClH/c22-20-17(15-19(24)27-14-11-23-9-12-26-13-10-23)7-4-8-18(20)21(25)16-5-2-1-3-6-16;/h1-8H,9-15,22H2;1H. The summed E-state index contributed by atoms with van der Waals surface area (Å²) in [5.74, 6) is -0.505. The van der Waals surface area contributed by atoms with E-state index in [-0.39, 0.29) is 30.6 Å². The molecule has 1 aliphatic rings. The summed E-state index contributed by atoms with van der Waals surface area (Å²) in [5, 5.41) is 0. The molecule has 0 spiro atoms. The fourth-order valence-electron chi connectivity index (χ4n) is 3.03. The molecular weight excluding hydrogens is 380 g/mol. The highest BCUT2D eigenvalue weighted by molar-refractivity contribution is 6.12. The average Bonchev–Trinajstić information content (AvgIpc) is 2.70. The van der Waals surface area contributed by atoms with Gasteiger partial charge in [0.05, 0.1) is 19.6 Å². The van der Waals surface area contributed by atoms with Crippen LogP contribution in [0.15, 0.2) is 48.5 Å². The quantitative estimate of drug-likeness (QED) is 0.433. The van der Waals surface area contributed by atoms with Crippen molar-refractivity contribution in [2.75, 3.05) is 45.2 Å². The Morgan fingerprint density at radius 1 is 1.04 bits per heavy atom. The number of nitrogens with two attached hydrogens (primary N) is 1. The summed E-state index contributed by atoms with van der Waals surface area (Å²) in [4.78, 5) is 27.0. The molecule has 2 N–H and O–H groups in total. The van der Waals surface area contributed by atoms with E-state index in [1.54, 1.807) is 42.5 Å². The van der Waals surface area contributed by atoms with Gasteiger partial charge in [-0.1, -0.05) is 42.5 Å². The van der Waals surface area contributed by atoms with Gasteiger partial charge in [0.2, 0.25) is 0 Å². The van der Waals surface area contributed by atoms with Gasteiger partial charge >= 0.3 is 5.97 Å². The van der Waals surface area contributed by atoms with Crippen LogP contribution in [0.4, 0.5) is 5.69 Å². The number of halogens is 1. The molecule has 0 amide bonds. The number of carbonyl (C=O) groups excluding carboxylic acids is 2. The first-order chi connectivity index (χ1) is 13.1. The van der Waals surface area contributed by atoms with Crippen molar-refractivity contribution in [2.24, 2.45) is 0 Å². The van der Waals surface area contributed by atoms with Gasteiger partial charge in [-0.3, -0.25) is 14.5 Å². The molecule has 2 aromatic rings. The maximum absolute atomic E-state index is 12.6. The predicted octanol–water partition coefficient (Wildman–Crippen LogP) is 2.34. The lowest BCUT2D eigenvalue weighted by molar-refractivity contribution is -0.143. The van der Waals surface area contributed by atoms with Crippen molar-refractivity contribution in [3.63, 3.8) is 0 Å². The van der Waals surface area contributed by atoms with Gasteiger partial charge in [0, 0.05) is 36.4 Å². The molecule has 28 heavy (non-hydrogen) atoms. The van der Waals surface area contributed by atoms with Crippen molar-refractivity contribution in [3.8, 4) is 0 Å². The van der Waals surface area contributed by atoms with E-state index in [4.69, 9.17) is 15.2 Å². The Balaban J connectivity index is 0.00000280. The zero-order valence-electron chi connectivity index (χ0n) is 15.6. The number of ketones is 1. The molecule has 2 aromatic carbocycles. The van der Waals surface area contributed by atoms with Crippen molar-refractivity contribution in [1.29, 1.82) is 0 Å². The predicted molar refractivity (Wildman–Crippen MR) is 110 cm³/mol. The topological polar surface area (TPSA) is 81.9 Å². The van der Waals surface area contributed by atoms with Crippen molar-refractivity contribution in [2.45, 2.75) is 6.42 Å². The first-order valence-corrected chi connectivity index (χ1v) is 9.08. The molecule has 0 atom stereocenters. The fraction of sp³-hybridized carbons (Fsp3) is 0.333. The van der Waals surface area contributed by atoms with E-state index in [0.29, 0.717) is 48.7 Å². The minimum absolute atomic E-state index is 0. The van der Waals surface area contributed by atoms with Gasteiger partial charge in [-0.15, -0.1) is 12.4 Å². The third-order valence-electron chi connectivity index (χ3n) is 4.59. The maximum Gasteiger partial charge on any atom is 0.310 e. The average molecular weight is 405 g/mol. The minimum Gasteiger partial charge on any atom is -0.464 e. The summed E-state index contributed by atoms with van der Waals surface area (Å²) in [7, 11) is 0. The Morgan fingerprint density at radius 2 is 1.75 bits per heavy atom. The highest BCUT2D eigenvalue weighted by Crippen LogP contribution is 2.21. The summed E-state index contributed by atoms with van der Waals surface area (Å²) < 4.78 is 10.6. The van der Waals surface area contributed by atoms with Gasteiger partial charge in [-0.05, 0) is 11.6 Å². The number of anilines is 1. The molecule has 0 aromatic heterocycles. The number of ether oxygens (including phenoxy) is 2. The minimum atomic E-state index is -0.348. The molecule has 6 nitrogen and oxygen atoms in total. The van der Waals surface area contributed by atoms with E-state index in [1.807, 2.05) is 6.07 Å². The molecular formula is C21H25ClN2O4. The zero-order chi connectivity index (χ0) is 19.1. The van der Waals surface area contributed by atoms with Crippen LogP contribution >= 0.6 is 12.4 Å². The Hall–Kier alpha value is -2.41. The number of carbonyl (C=O) groups is 2. The summed E-state index contributed by atoms with van der Waals surface area (Å²) in [6.07, 6.45) is 0.0465. The van der Waals surface area contributed by atoms with Crippen molar-refractivity contribution < 1.29 is 19.1 Å². The van der Waals surface area contributed by atoms with Crippen LogP contribution in [-0.4, -0.2) is 56.1 Å². The maximum atomic E-state index is 12.6. The Kier molecular flexibility index (Phi) is 8.44. The molecule has 0 radical (unpaired) electrons. The van der Waals surface area contributed by atoms with Gasteiger partial charge in [0.1, 0.15) is 6.61 Å². The number of nitrogen functional groups attached to an aromatic ring is 1. The monoisotopic (exact) mass is 404 g/mol. The number of para-hydroxylation sites is 1. The molecule has 0 bridgehead atoms. The second-order valence-corrected chi connectivity index (χ2v) is 6.42. The molecule has 1 fully saturated rings. The summed E-state index contributed by atoms with van der Waals surface area (Å²) in [6, 6.07) is 14.1. The first-order valence-electron chi connectivity index (χ1n) is 9.08. The molecule has 3 rings (SSSR count). The van der Waals surface area contributed by atoms with Crippen LogP contribution in [0.2, 0.25) is 0 Å². The number of esters is 1. The van der Waals surface area contributed by atoms with Crippen LogP contribution in [0.25, 0.3) is 0 Å². The van der Waals surface area contributed by atoms with E-state index >= 15 is 0 Å². The first kappa shape index (κ1) is 21.9. The van der Waals surface area contributed by atoms with E-state index in [2.05, 4.69) is 4.90 Å². The molecule has 7 heteroatoms. The van der Waals surface area contributed by atoms with Gasteiger partial charge < -0.3 is 15.2 Å². The van der Waals surface area contributed by atoms with Crippen LogP contribution in [0.3, 0.4) is 0 Å². The second kappa shape index (κ2) is 10.8. The lowest BCUT2D eigenvalue weighted by Crippen LogP contribution is -2.38. The third kappa shape index (κ3) is 5.79. The Morgan fingerprint density at radius 3 is 2.46 bits per heavy atom. The summed E-state index contributed by atoms with van der Waals surface area (Å²) in [5.41, 5.74) is 8.07. The van der Waals surface area contributed by atoms with Gasteiger partial charge in [-0.25, -0.2) is 0 Å². The third-order valence-corrected chi connectivity index (χ3v) is 4.59. The zero-order valence-corrected chi connectivity index (χ0v) is 16.5. The van der Waals surface area contributed by atoms with Crippen LogP contribution in [0, 0.1) is 0 Å². The van der Waals surface area contributed by atoms with E-state index < -0.39 is 0 Å². The SMILES string of the molecule is Cl.Nc1c(CC(=O)OCCN2CCOCC2)cccc1C(=O)c1ccccc1. The highest BCUT2D eigenvalue weighted by Gasteiger charge is 2.17. The van der Waals surface area contributed by atoms with Gasteiger partial charge in [-0.2, -0.15) is 0 Å². The van der Waals surface area contributed by atoms with E-state index in [0.717, 1.165) is 13.1 Å². The normalized spacial score (nSPS) is 14.1. The van der Waals surface area contributed by atoms with E-state index in [9.17, 15) is 9.59 Å². The molecule has 1 saturated heterocycles. The second-order valence-electron chi connectivity index (χ2n) is 6.42. The Labute approximate surface area is 171 Å². The van der Waals surface area contributed by atoms with Crippen LogP contribution in [0.1, 0.15) is 21.5 Å². The lowest BCUT2D eigenvalue weighted by Gasteiger charge is -2.26. The van der Waals surface area contributed by atoms with Crippen LogP contribution < -0.4 is 5.73 Å². The Bertz CT molecular complexity index is 792. The van der Waals surface area contributed by atoms with Crippen LogP contribution in [0.5, 0.6) is 0 Å². The van der Waals surface area contributed by atoms with Crippen molar-refractivity contribution in [3.05, 3.63) is 65.2 Å². The smallest absolute Gasteiger partial charge is 0.310 e.